The summed E-state index contributed by atoms with van der Waals surface area (Å²) in [4.78, 5) is 32.7. The minimum atomic E-state index is -0.288. The molecule has 0 bridgehead atoms. The first kappa shape index (κ1) is 22.2. The topological polar surface area (TPSA) is 89.0 Å². The summed E-state index contributed by atoms with van der Waals surface area (Å²) >= 11 is 5.27. The van der Waals surface area contributed by atoms with Crippen LogP contribution < -0.4 is 15.6 Å². The SMILES string of the molecule is C=CCn1c(=S)[nH]c2cc(C(=O)NCc3cccnc3OCc3ccccc3)ccc2c1=O. The molecule has 0 radical (unpaired) electrons. The van der Waals surface area contributed by atoms with E-state index in [1.54, 1.807) is 36.5 Å². The highest BCUT2D eigenvalue weighted by Crippen LogP contribution is 2.17. The van der Waals surface area contributed by atoms with Gasteiger partial charge in [0.05, 0.1) is 10.9 Å². The smallest absolute Gasteiger partial charge is 0.262 e. The van der Waals surface area contributed by atoms with Crippen LogP contribution in [0.5, 0.6) is 5.88 Å². The van der Waals surface area contributed by atoms with E-state index < -0.39 is 0 Å². The summed E-state index contributed by atoms with van der Waals surface area (Å²) in [6, 6.07) is 18.3. The number of carbonyl (C=O) groups is 1. The number of aromatic amines is 1. The molecule has 0 atom stereocenters. The lowest BCUT2D eigenvalue weighted by molar-refractivity contribution is 0.0950. The lowest BCUT2D eigenvalue weighted by Crippen LogP contribution is -2.24. The number of fused-ring (bicyclic) bond motifs is 1. The van der Waals surface area contributed by atoms with Gasteiger partial charge in [0.2, 0.25) is 5.88 Å². The van der Waals surface area contributed by atoms with Crippen LogP contribution in [0.4, 0.5) is 0 Å². The highest BCUT2D eigenvalue weighted by molar-refractivity contribution is 7.71. The molecular weight excluding hydrogens is 436 g/mol. The van der Waals surface area contributed by atoms with Crippen LogP contribution in [0.3, 0.4) is 0 Å². The van der Waals surface area contributed by atoms with Crippen molar-refractivity contribution in [3.63, 3.8) is 0 Å². The summed E-state index contributed by atoms with van der Waals surface area (Å²) in [5.74, 6) is 0.177. The van der Waals surface area contributed by atoms with Gasteiger partial charge in [-0.05, 0) is 42.0 Å². The Balaban J connectivity index is 1.49. The highest BCUT2D eigenvalue weighted by atomic mass is 32.1. The maximum Gasteiger partial charge on any atom is 0.262 e. The molecule has 0 unspecified atom stereocenters. The Labute approximate surface area is 195 Å². The van der Waals surface area contributed by atoms with Crippen molar-refractivity contribution in [2.24, 2.45) is 0 Å². The Morgan fingerprint density at radius 2 is 2.00 bits per heavy atom. The van der Waals surface area contributed by atoms with E-state index in [0.717, 1.165) is 11.1 Å². The van der Waals surface area contributed by atoms with Gasteiger partial charge in [0.1, 0.15) is 6.61 Å². The number of allylic oxidation sites excluding steroid dienone is 1. The van der Waals surface area contributed by atoms with Crippen LogP contribution in [0.1, 0.15) is 21.5 Å². The fraction of sp³-hybridized carbons (Fsp3) is 0.120. The monoisotopic (exact) mass is 458 g/mol. The fourth-order valence-electron chi connectivity index (χ4n) is 3.38. The number of hydrogen-bond donors (Lipinski definition) is 2. The molecule has 0 fully saturated rings. The number of rotatable bonds is 8. The van der Waals surface area contributed by atoms with Crippen LogP contribution in [-0.2, 0) is 19.7 Å². The molecule has 0 spiro atoms. The molecule has 2 heterocycles. The first-order chi connectivity index (χ1) is 16.1. The third-order valence-corrected chi connectivity index (χ3v) is 5.39. The van der Waals surface area contributed by atoms with Gasteiger partial charge in [0, 0.05) is 30.4 Å². The van der Waals surface area contributed by atoms with Crippen LogP contribution in [-0.4, -0.2) is 20.4 Å². The molecule has 2 aromatic heterocycles. The second-order valence-electron chi connectivity index (χ2n) is 7.32. The predicted octanol–water partition coefficient (Wildman–Crippen LogP) is 4.15. The molecule has 1 amide bonds. The molecule has 0 saturated carbocycles. The molecular formula is C25H22N4O3S. The number of ether oxygens (including phenoxy) is 1. The van der Waals surface area contributed by atoms with Crippen LogP contribution >= 0.6 is 12.2 Å². The van der Waals surface area contributed by atoms with Crippen LogP contribution in [0.25, 0.3) is 10.9 Å². The van der Waals surface area contributed by atoms with Gasteiger partial charge in [0.15, 0.2) is 4.77 Å². The standard InChI is InChI=1S/C25H22N4O3S/c1-2-13-29-24(31)20-11-10-18(14-21(20)28-25(29)33)22(30)27-15-19-9-6-12-26-23(19)32-16-17-7-4-3-5-8-17/h2-12,14H,1,13,15-16H2,(H,27,30)(H,28,33). The second-order valence-corrected chi connectivity index (χ2v) is 7.71. The predicted molar refractivity (Wildman–Crippen MR) is 130 cm³/mol. The maximum absolute atomic E-state index is 12.8. The summed E-state index contributed by atoms with van der Waals surface area (Å²) in [6.07, 6.45) is 3.26. The number of pyridine rings is 1. The number of H-pyrrole nitrogens is 1. The maximum atomic E-state index is 12.8. The van der Waals surface area contributed by atoms with Crippen molar-refractivity contribution in [2.45, 2.75) is 19.7 Å². The van der Waals surface area contributed by atoms with Gasteiger partial charge < -0.3 is 15.0 Å². The van der Waals surface area contributed by atoms with Gasteiger partial charge in [-0.25, -0.2) is 4.98 Å². The van der Waals surface area contributed by atoms with Gasteiger partial charge in [-0.15, -0.1) is 6.58 Å². The molecule has 4 rings (SSSR count). The molecule has 0 aliphatic carbocycles. The number of aromatic nitrogens is 3. The third-order valence-electron chi connectivity index (χ3n) is 5.06. The summed E-state index contributed by atoms with van der Waals surface area (Å²) < 4.78 is 7.55. The van der Waals surface area contributed by atoms with Crippen molar-refractivity contribution in [1.29, 1.82) is 0 Å². The highest BCUT2D eigenvalue weighted by Gasteiger charge is 2.12. The van der Waals surface area contributed by atoms with Crippen molar-refractivity contribution >= 4 is 29.0 Å². The average molecular weight is 459 g/mol. The minimum absolute atomic E-state index is 0.226. The zero-order chi connectivity index (χ0) is 23.2. The first-order valence-electron chi connectivity index (χ1n) is 10.3. The lowest BCUT2D eigenvalue weighted by Gasteiger charge is -2.12. The first-order valence-corrected chi connectivity index (χ1v) is 10.7. The summed E-state index contributed by atoms with van der Waals surface area (Å²) in [5, 5.41) is 3.33. The van der Waals surface area contributed by atoms with E-state index in [9.17, 15) is 9.59 Å². The van der Waals surface area contributed by atoms with Gasteiger partial charge in [-0.3, -0.25) is 14.2 Å². The van der Waals surface area contributed by atoms with Crippen LogP contribution in [0, 0.1) is 4.77 Å². The Hall–Kier alpha value is -4.04. The largest absolute Gasteiger partial charge is 0.473 e. The Morgan fingerprint density at radius 1 is 1.18 bits per heavy atom. The lowest BCUT2D eigenvalue weighted by atomic mass is 10.1. The zero-order valence-electron chi connectivity index (χ0n) is 17.8. The summed E-state index contributed by atoms with van der Waals surface area (Å²) in [5.41, 5.74) is 2.47. The average Bonchev–Trinajstić information content (AvgIpc) is 2.84. The number of nitrogens with zero attached hydrogens (tertiary/aromatic N) is 2. The van der Waals surface area contributed by atoms with E-state index in [1.165, 1.54) is 4.57 Å². The Bertz CT molecular complexity index is 1430. The molecule has 166 valence electrons. The number of nitrogens with one attached hydrogen (secondary N) is 2. The second kappa shape index (κ2) is 10.1. The van der Waals surface area contributed by atoms with Gasteiger partial charge in [-0.2, -0.15) is 0 Å². The molecule has 0 aliphatic heterocycles. The third kappa shape index (κ3) is 5.07. The van der Waals surface area contributed by atoms with Crippen molar-refractivity contribution < 1.29 is 9.53 Å². The normalized spacial score (nSPS) is 10.7. The molecule has 7 nitrogen and oxygen atoms in total. The molecule has 0 saturated heterocycles. The van der Waals surface area contributed by atoms with Gasteiger partial charge in [-0.1, -0.05) is 42.5 Å². The Morgan fingerprint density at radius 3 is 2.79 bits per heavy atom. The van der Waals surface area contributed by atoms with E-state index in [1.807, 2.05) is 36.4 Å². The molecule has 2 N–H and O–H groups in total. The number of amides is 1. The van der Waals surface area contributed by atoms with E-state index in [-0.39, 0.29) is 22.8 Å². The molecule has 33 heavy (non-hydrogen) atoms. The van der Waals surface area contributed by atoms with Crippen molar-refractivity contribution in [3.05, 3.63) is 111 Å². The van der Waals surface area contributed by atoms with Crippen molar-refractivity contribution in [1.82, 2.24) is 19.9 Å². The quantitative estimate of drug-likeness (QED) is 0.306. The zero-order valence-corrected chi connectivity index (χ0v) is 18.6. The van der Waals surface area contributed by atoms with Crippen molar-refractivity contribution in [2.75, 3.05) is 0 Å². The molecule has 4 aromatic rings. The number of carbonyl (C=O) groups excluding carboxylic acids is 1. The van der Waals surface area contributed by atoms with E-state index in [0.29, 0.717) is 35.5 Å². The van der Waals surface area contributed by atoms with Crippen molar-refractivity contribution in [3.8, 4) is 5.88 Å². The molecule has 8 heteroatoms. The van der Waals surface area contributed by atoms with Gasteiger partial charge in [0.25, 0.3) is 11.5 Å². The van der Waals surface area contributed by atoms with E-state index in [2.05, 4.69) is 21.9 Å². The number of benzene rings is 2. The summed E-state index contributed by atoms with van der Waals surface area (Å²) in [7, 11) is 0. The number of hydrogen-bond acceptors (Lipinski definition) is 5. The molecule has 2 aromatic carbocycles. The van der Waals surface area contributed by atoms with E-state index >= 15 is 0 Å². The molecule has 0 aliphatic rings. The van der Waals surface area contributed by atoms with Gasteiger partial charge >= 0.3 is 0 Å². The fourth-order valence-corrected chi connectivity index (χ4v) is 3.65. The minimum Gasteiger partial charge on any atom is -0.473 e. The van der Waals surface area contributed by atoms with Crippen LogP contribution in [0.2, 0.25) is 0 Å². The van der Waals surface area contributed by atoms with E-state index in [4.69, 9.17) is 17.0 Å². The Kier molecular flexibility index (Phi) is 6.75. The summed E-state index contributed by atoms with van der Waals surface area (Å²) in [6.45, 7) is 4.58. The van der Waals surface area contributed by atoms with Crippen LogP contribution in [0.15, 0.2) is 84.3 Å².